The van der Waals surface area contributed by atoms with Crippen molar-refractivity contribution in [3.8, 4) is 11.8 Å². The van der Waals surface area contributed by atoms with Crippen molar-refractivity contribution in [1.82, 2.24) is 5.32 Å². The van der Waals surface area contributed by atoms with Crippen molar-refractivity contribution in [2.24, 2.45) is 0 Å². The van der Waals surface area contributed by atoms with Crippen LogP contribution in [0.4, 0.5) is 18.0 Å². The zero-order valence-electron chi connectivity index (χ0n) is 31.6. The van der Waals surface area contributed by atoms with Gasteiger partial charge in [0.2, 0.25) is 0 Å². The van der Waals surface area contributed by atoms with Gasteiger partial charge in [-0.05, 0) is 77.8 Å². The van der Waals surface area contributed by atoms with Crippen LogP contribution in [0.2, 0.25) is 0 Å². The highest BCUT2D eigenvalue weighted by atomic mass is 31.2. The van der Waals surface area contributed by atoms with E-state index in [1.54, 1.807) is 103 Å². The molecule has 0 aliphatic rings. The Morgan fingerprint density at radius 2 is 1.26 bits per heavy atom. The summed E-state index contributed by atoms with van der Waals surface area (Å²) < 4.78 is 85.5. The number of alkyl carbamates (subject to hydrolysis) is 1. The zero-order valence-corrected chi connectivity index (χ0v) is 32.5. The normalized spacial score (nSPS) is 12.6. The fraction of sp³-hybridized carbons (Fsp3) is 0.273. The van der Waals surface area contributed by atoms with Gasteiger partial charge < -0.3 is 19.9 Å². The number of ether oxygens (including phenoxy) is 2. The molecule has 0 saturated heterocycles. The van der Waals surface area contributed by atoms with Crippen molar-refractivity contribution < 1.29 is 50.7 Å². The highest BCUT2D eigenvalue weighted by Gasteiger charge is 2.39. The van der Waals surface area contributed by atoms with E-state index in [1.807, 2.05) is 18.2 Å². The van der Waals surface area contributed by atoms with Gasteiger partial charge in [0.1, 0.15) is 12.4 Å². The number of halogens is 3. The highest BCUT2D eigenvalue weighted by Crippen LogP contribution is 2.51. The van der Waals surface area contributed by atoms with Gasteiger partial charge in [-0.3, -0.25) is 13.6 Å². The summed E-state index contributed by atoms with van der Waals surface area (Å²) in [6.07, 6.45) is -5.00. The monoisotopic (exact) mass is 816 g/mol. The maximum Gasteiger partial charge on any atom is 0.475 e. The van der Waals surface area contributed by atoms with E-state index in [1.165, 1.54) is 12.1 Å². The first-order valence-corrected chi connectivity index (χ1v) is 20.0. The molecule has 304 valence electrons. The molecule has 1 atom stereocenters. The van der Waals surface area contributed by atoms with Crippen LogP contribution in [-0.2, 0) is 61.7 Å². The lowest BCUT2D eigenvalue weighted by molar-refractivity contribution is -0.139. The van der Waals surface area contributed by atoms with Gasteiger partial charge in [-0.25, -0.2) is 9.36 Å². The maximum absolute atomic E-state index is 14.4. The second-order valence-electron chi connectivity index (χ2n) is 13.5. The highest BCUT2D eigenvalue weighted by molar-refractivity contribution is 7.48. The molecule has 0 aromatic heterocycles. The van der Waals surface area contributed by atoms with Gasteiger partial charge in [-0.2, -0.15) is 18.4 Å². The van der Waals surface area contributed by atoms with Crippen LogP contribution in [0.1, 0.15) is 51.8 Å². The molecule has 5 aromatic rings. The van der Waals surface area contributed by atoms with E-state index in [0.29, 0.717) is 35.1 Å². The number of aryl methyl sites for hydroxylation is 2. The fourth-order valence-electron chi connectivity index (χ4n) is 5.75. The minimum Gasteiger partial charge on any atom is -0.493 e. The molecular weight excluding hydrogens is 772 g/mol. The molecule has 14 heteroatoms. The van der Waals surface area contributed by atoms with E-state index >= 15 is 0 Å². The number of hydrogen-bond donors (Lipinski definition) is 2. The summed E-state index contributed by atoms with van der Waals surface area (Å²) >= 11 is 0. The molecule has 5 rings (SSSR count). The van der Waals surface area contributed by atoms with Gasteiger partial charge >= 0.3 is 20.1 Å². The number of aliphatic hydroxyl groups excluding tert-OH is 1. The Kier molecular flexibility index (Phi) is 16.0. The van der Waals surface area contributed by atoms with Gasteiger partial charge in [-0.1, -0.05) is 109 Å². The van der Waals surface area contributed by atoms with Crippen LogP contribution < -0.4 is 10.1 Å². The first-order valence-electron chi connectivity index (χ1n) is 18.5. The summed E-state index contributed by atoms with van der Waals surface area (Å²) in [4.78, 5) is 13.2. The lowest BCUT2D eigenvalue weighted by atomic mass is 9.92. The summed E-state index contributed by atoms with van der Waals surface area (Å²) in [5.74, 6) is -0.345. The molecule has 5 aromatic carbocycles. The summed E-state index contributed by atoms with van der Waals surface area (Å²) in [6, 6.07) is 39.2. The molecule has 1 amide bonds. The Labute approximate surface area is 335 Å². The van der Waals surface area contributed by atoms with E-state index in [0.717, 1.165) is 11.6 Å². The molecular formula is C44H44F3N2O8P. The standard InChI is InChI=1S/C44H44F3N2O8P/c45-44(46,47)40-27-35(22-23-41(40)53-26-10-17-34-18-20-36(28-48)21-19-34)24-25-43(32-50,49-42(51)54-29-37-11-4-1-5-12-37)33-57-58(52,55-30-38-13-6-2-7-14-38)56-31-39-15-8-3-9-16-39/h1-9,11-16,18-23,27,50H,10,17,24-26,29-33H2,(H,49,51). The van der Waals surface area contributed by atoms with Gasteiger partial charge in [0.25, 0.3) is 0 Å². The Morgan fingerprint density at radius 1 is 0.707 bits per heavy atom. The van der Waals surface area contributed by atoms with Crippen LogP contribution in [0.15, 0.2) is 133 Å². The molecule has 0 aliphatic heterocycles. The van der Waals surface area contributed by atoms with E-state index in [9.17, 15) is 27.6 Å². The van der Waals surface area contributed by atoms with Crippen LogP contribution in [0, 0.1) is 11.3 Å². The number of phosphoric acid groups is 1. The maximum atomic E-state index is 14.4. The second kappa shape index (κ2) is 21.3. The van der Waals surface area contributed by atoms with Gasteiger partial charge in [0, 0.05) is 0 Å². The number of benzene rings is 5. The first-order chi connectivity index (χ1) is 28.0. The molecule has 0 spiro atoms. The van der Waals surface area contributed by atoms with Crippen molar-refractivity contribution >= 4 is 13.9 Å². The molecule has 0 bridgehead atoms. The Balaban J connectivity index is 1.32. The average Bonchev–Trinajstić information content (AvgIpc) is 3.25. The molecule has 0 aliphatic carbocycles. The number of nitrogens with one attached hydrogen (secondary N) is 1. The summed E-state index contributed by atoms with van der Waals surface area (Å²) in [5.41, 5.74) is 0.968. The molecule has 0 heterocycles. The predicted octanol–water partition coefficient (Wildman–Crippen LogP) is 9.74. The van der Waals surface area contributed by atoms with Crippen LogP contribution in [-0.4, -0.2) is 36.6 Å². The number of amides is 1. The van der Waals surface area contributed by atoms with E-state index < -0.39 is 44.4 Å². The Morgan fingerprint density at radius 3 is 1.79 bits per heavy atom. The number of carbonyl (C=O) groups excluding carboxylic acids is 1. The van der Waals surface area contributed by atoms with Crippen molar-refractivity contribution in [1.29, 1.82) is 5.26 Å². The molecule has 0 fully saturated rings. The van der Waals surface area contributed by atoms with E-state index in [2.05, 4.69) is 5.32 Å². The predicted molar refractivity (Wildman–Crippen MR) is 210 cm³/mol. The fourth-order valence-corrected chi connectivity index (χ4v) is 6.99. The summed E-state index contributed by atoms with van der Waals surface area (Å²) in [5, 5.41) is 22.4. The minimum absolute atomic E-state index is 0.0150. The zero-order chi connectivity index (χ0) is 41.3. The van der Waals surface area contributed by atoms with Crippen molar-refractivity contribution in [3.05, 3.63) is 172 Å². The lowest BCUT2D eigenvalue weighted by Crippen LogP contribution is -2.55. The molecule has 0 radical (unpaired) electrons. The first kappa shape index (κ1) is 43.6. The Hall–Kier alpha value is -5.48. The largest absolute Gasteiger partial charge is 0.493 e. The van der Waals surface area contributed by atoms with E-state index in [4.69, 9.17) is 28.3 Å². The number of alkyl halides is 3. The number of rotatable bonds is 21. The molecule has 0 saturated carbocycles. The molecule has 10 nitrogen and oxygen atoms in total. The molecule has 58 heavy (non-hydrogen) atoms. The average molecular weight is 817 g/mol. The van der Waals surface area contributed by atoms with Crippen LogP contribution in [0.5, 0.6) is 5.75 Å². The number of aliphatic hydroxyl groups is 1. The number of nitriles is 1. The van der Waals surface area contributed by atoms with Crippen molar-refractivity contribution in [2.45, 2.75) is 57.2 Å². The van der Waals surface area contributed by atoms with Gasteiger partial charge in [-0.15, -0.1) is 0 Å². The third-order valence-electron chi connectivity index (χ3n) is 9.04. The number of phosphoric ester groups is 1. The minimum atomic E-state index is -4.76. The number of hydrogen-bond acceptors (Lipinski definition) is 9. The summed E-state index contributed by atoms with van der Waals surface area (Å²) in [6.45, 7) is -1.82. The number of carbonyl (C=O) groups is 1. The second-order valence-corrected chi connectivity index (χ2v) is 15.1. The smallest absolute Gasteiger partial charge is 0.475 e. The van der Waals surface area contributed by atoms with Crippen LogP contribution >= 0.6 is 7.82 Å². The van der Waals surface area contributed by atoms with Crippen molar-refractivity contribution in [2.75, 3.05) is 19.8 Å². The van der Waals surface area contributed by atoms with E-state index in [-0.39, 0.29) is 50.6 Å². The van der Waals surface area contributed by atoms with Gasteiger partial charge in [0.15, 0.2) is 0 Å². The third-order valence-corrected chi connectivity index (χ3v) is 10.4. The van der Waals surface area contributed by atoms with Crippen LogP contribution in [0.25, 0.3) is 0 Å². The van der Waals surface area contributed by atoms with Crippen molar-refractivity contribution in [3.63, 3.8) is 0 Å². The quantitative estimate of drug-likeness (QED) is 0.0548. The van der Waals surface area contributed by atoms with Gasteiger partial charge in [0.05, 0.1) is 55.8 Å². The summed E-state index contributed by atoms with van der Waals surface area (Å²) in [7, 11) is -4.42. The SMILES string of the molecule is N#Cc1ccc(CCCOc2ccc(CCC(CO)(COP(=O)(OCc3ccccc3)OCc3ccccc3)NC(=O)OCc3ccccc3)cc2C(F)(F)F)cc1. The molecule has 2 N–H and O–H groups in total. The Bertz CT molecular complexity index is 2070. The molecule has 1 unspecified atom stereocenters. The topological polar surface area (TPSA) is 136 Å². The lowest BCUT2D eigenvalue weighted by Gasteiger charge is -2.33. The van der Waals surface area contributed by atoms with Crippen LogP contribution in [0.3, 0.4) is 0 Å². The number of nitrogens with zero attached hydrogens (tertiary/aromatic N) is 1. The third kappa shape index (κ3) is 13.9.